The summed E-state index contributed by atoms with van der Waals surface area (Å²) in [6.07, 6.45) is 1.35. The van der Waals surface area contributed by atoms with E-state index in [1.807, 2.05) is 29.2 Å². The number of aliphatic hydroxyl groups is 1. The Morgan fingerprint density at radius 1 is 1.35 bits per heavy atom. The van der Waals surface area contributed by atoms with Gasteiger partial charge < -0.3 is 10.0 Å². The van der Waals surface area contributed by atoms with E-state index in [0.29, 0.717) is 25.4 Å². The first-order chi connectivity index (χ1) is 9.52. The van der Waals surface area contributed by atoms with Crippen molar-refractivity contribution in [2.45, 2.75) is 45.6 Å². The Bertz CT molecular complexity index is 453. The zero-order valence-electron chi connectivity index (χ0n) is 12.7. The molecule has 1 fully saturated rings. The average Bonchev–Trinajstić information content (AvgIpc) is 2.47. The van der Waals surface area contributed by atoms with Gasteiger partial charge in [-0.15, -0.1) is 0 Å². The van der Waals surface area contributed by atoms with Gasteiger partial charge in [-0.1, -0.05) is 32.9 Å². The van der Waals surface area contributed by atoms with Crippen LogP contribution in [0.15, 0.2) is 24.3 Å². The van der Waals surface area contributed by atoms with Crippen LogP contribution in [0, 0.1) is 5.92 Å². The van der Waals surface area contributed by atoms with Gasteiger partial charge >= 0.3 is 0 Å². The molecule has 1 heterocycles. The van der Waals surface area contributed by atoms with Crippen LogP contribution in [0.4, 0.5) is 0 Å². The maximum absolute atomic E-state index is 12.5. The number of aliphatic hydroxyl groups excluding tert-OH is 1. The highest BCUT2D eigenvalue weighted by atomic mass is 16.3. The molecule has 0 aliphatic carbocycles. The standard InChI is InChI=1S/C17H25NO2/c1-4-13-11-18(10-9-16(13)19)17(20)15-7-5-14(6-8-15)12(2)3/h5-8,12-13,16,19H,4,9-11H2,1-3H3. The van der Waals surface area contributed by atoms with Crippen LogP contribution in [0.25, 0.3) is 0 Å². The average molecular weight is 275 g/mol. The van der Waals surface area contributed by atoms with Crippen LogP contribution in [0.3, 0.4) is 0 Å². The van der Waals surface area contributed by atoms with Crippen LogP contribution in [0.5, 0.6) is 0 Å². The molecular weight excluding hydrogens is 250 g/mol. The molecule has 0 saturated carbocycles. The number of benzene rings is 1. The first-order valence-corrected chi connectivity index (χ1v) is 7.60. The van der Waals surface area contributed by atoms with E-state index in [2.05, 4.69) is 20.8 Å². The van der Waals surface area contributed by atoms with Crippen LogP contribution in [0.1, 0.15) is 55.5 Å². The van der Waals surface area contributed by atoms with Crippen molar-refractivity contribution >= 4 is 5.91 Å². The zero-order chi connectivity index (χ0) is 14.7. The summed E-state index contributed by atoms with van der Waals surface area (Å²) in [5, 5.41) is 9.90. The Hall–Kier alpha value is -1.35. The van der Waals surface area contributed by atoms with E-state index in [9.17, 15) is 9.90 Å². The van der Waals surface area contributed by atoms with Crippen LogP contribution >= 0.6 is 0 Å². The summed E-state index contributed by atoms with van der Waals surface area (Å²) in [4.78, 5) is 14.4. The van der Waals surface area contributed by atoms with Gasteiger partial charge in [0.1, 0.15) is 0 Å². The van der Waals surface area contributed by atoms with Gasteiger partial charge in [0, 0.05) is 24.6 Å². The second-order valence-corrected chi connectivity index (χ2v) is 6.05. The van der Waals surface area contributed by atoms with Crippen molar-refractivity contribution in [3.05, 3.63) is 35.4 Å². The minimum Gasteiger partial charge on any atom is -0.393 e. The normalized spacial score (nSPS) is 23.1. The number of nitrogens with zero attached hydrogens (tertiary/aromatic N) is 1. The number of amides is 1. The first-order valence-electron chi connectivity index (χ1n) is 7.60. The number of hydrogen-bond donors (Lipinski definition) is 1. The molecule has 20 heavy (non-hydrogen) atoms. The molecule has 1 aliphatic heterocycles. The molecule has 2 unspecified atom stereocenters. The van der Waals surface area contributed by atoms with E-state index < -0.39 is 0 Å². The summed E-state index contributed by atoms with van der Waals surface area (Å²) in [5.74, 6) is 0.780. The Kier molecular flexibility index (Phi) is 4.81. The molecule has 110 valence electrons. The van der Waals surface area contributed by atoms with Crippen molar-refractivity contribution in [3.8, 4) is 0 Å². The number of piperidine rings is 1. The topological polar surface area (TPSA) is 40.5 Å². The quantitative estimate of drug-likeness (QED) is 0.921. The highest BCUT2D eigenvalue weighted by Crippen LogP contribution is 2.22. The lowest BCUT2D eigenvalue weighted by Gasteiger charge is -2.35. The Morgan fingerprint density at radius 2 is 2.00 bits per heavy atom. The van der Waals surface area contributed by atoms with E-state index in [0.717, 1.165) is 12.0 Å². The summed E-state index contributed by atoms with van der Waals surface area (Å²) in [6, 6.07) is 7.91. The van der Waals surface area contributed by atoms with Crippen LogP contribution < -0.4 is 0 Å². The zero-order valence-corrected chi connectivity index (χ0v) is 12.7. The smallest absolute Gasteiger partial charge is 0.253 e. The molecule has 2 rings (SSSR count). The fourth-order valence-corrected chi connectivity index (χ4v) is 2.80. The van der Waals surface area contributed by atoms with Crippen molar-refractivity contribution in [1.29, 1.82) is 0 Å². The summed E-state index contributed by atoms with van der Waals surface area (Å²) < 4.78 is 0. The molecular formula is C17H25NO2. The van der Waals surface area contributed by atoms with E-state index in [4.69, 9.17) is 0 Å². The third-order valence-corrected chi connectivity index (χ3v) is 4.33. The highest BCUT2D eigenvalue weighted by molar-refractivity contribution is 5.94. The van der Waals surface area contributed by atoms with E-state index in [1.54, 1.807) is 0 Å². The number of rotatable bonds is 3. The van der Waals surface area contributed by atoms with Gasteiger partial charge in [0.25, 0.3) is 5.91 Å². The molecule has 1 saturated heterocycles. The maximum atomic E-state index is 12.5. The monoisotopic (exact) mass is 275 g/mol. The third kappa shape index (κ3) is 3.21. The van der Waals surface area contributed by atoms with Gasteiger partial charge in [0.05, 0.1) is 6.10 Å². The summed E-state index contributed by atoms with van der Waals surface area (Å²) in [7, 11) is 0. The second kappa shape index (κ2) is 6.40. The Balaban J connectivity index is 2.07. The van der Waals surface area contributed by atoms with Gasteiger partial charge in [0.15, 0.2) is 0 Å². The fourth-order valence-electron chi connectivity index (χ4n) is 2.80. The van der Waals surface area contributed by atoms with Gasteiger partial charge in [-0.3, -0.25) is 4.79 Å². The fraction of sp³-hybridized carbons (Fsp3) is 0.588. The van der Waals surface area contributed by atoms with Gasteiger partial charge in [0.2, 0.25) is 0 Å². The second-order valence-electron chi connectivity index (χ2n) is 6.05. The van der Waals surface area contributed by atoms with Crippen molar-refractivity contribution in [3.63, 3.8) is 0 Å². The SMILES string of the molecule is CCC1CN(C(=O)c2ccc(C(C)C)cc2)CCC1O. The number of carbonyl (C=O) groups is 1. The predicted octanol–water partition coefficient (Wildman–Crippen LogP) is 3.04. The molecule has 1 aromatic rings. The molecule has 0 bridgehead atoms. The summed E-state index contributed by atoms with van der Waals surface area (Å²) in [6.45, 7) is 7.69. The molecule has 1 aliphatic rings. The van der Waals surface area contributed by atoms with Crippen LogP contribution in [-0.4, -0.2) is 35.1 Å². The Morgan fingerprint density at radius 3 is 2.55 bits per heavy atom. The summed E-state index contributed by atoms with van der Waals surface area (Å²) >= 11 is 0. The molecule has 1 N–H and O–H groups in total. The minimum atomic E-state index is -0.257. The van der Waals surface area contributed by atoms with Crippen LogP contribution in [0.2, 0.25) is 0 Å². The summed E-state index contributed by atoms with van der Waals surface area (Å²) in [5.41, 5.74) is 2.00. The largest absolute Gasteiger partial charge is 0.393 e. The first kappa shape index (κ1) is 15.0. The molecule has 0 radical (unpaired) electrons. The molecule has 3 nitrogen and oxygen atoms in total. The van der Waals surface area contributed by atoms with Crippen molar-refractivity contribution in [2.75, 3.05) is 13.1 Å². The lowest BCUT2D eigenvalue weighted by molar-refractivity contribution is 0.0229. The number of hydrogen-bond acceptors (Lipinski definition) is 2. The van der Waals surface area contributed by atoms with Gasteiger partial charge in [-0.25, -0.2) is 0 Å². The maximum Gasteiger partial charge on any atom is 0.253 e. The number of likely N-dealkylation sites (tertiary alicyclic amines) is 1. The van der Waals surface area contributed by atoms with Gasteiger partial charge in [-0.05, 0) is 36.5 Å². The third-order valence-electron chi connectivity index (χ3n) is 4.33. The minimum absolute atomic E-state index is 0.0886. The molecule has 1 aromatic carbocycles. The van der Waals surface area contributed by atoms with E-state index >= 15 is 0 Å². The molecule has 2 atom stereocenters. The molecule has 1 amide bonds. The van der Waals surface area contributed by atoms with Crippen LogP contribution in [-0.2, 0) is 0 Å². The Labute approximate surface area is 121 Å². The van der Waals surface area contributed by atoms with Gasteiger partial charge in [-0.2, -0.15) is 0 Å². The predicted molar refractivity (Wildman–Crippen MR) is 80.8 cm³/mol. The van der Waals surface area contributed by atoms with E-state index in [1.165, 1.54) is 5.56 Å². The van der Waals surface area contributed by atoms with Crippen molar-refractivity contribution < 1.29 is 9.90 Å². The lowest BCUT2D eigenvalue weighted by atomic mass is 9.92. The van der Waals surface area contributed by atoms with Crippen molar-refractivity contribution in [1.82, 2.24) is 4.90 Å². The number of carbonyl (C=O) groups excluding carboxylic acids is 1. The van der Waals surface area contributed by atoms with Crippen molar-refractivity contribution in [2.24, 2.45) is 5.92 Å². The lowest BCUT2D eigenvalue weighted by Crippen LogP contribution is -2.45. The van der Waals surface area contributed by atoms with E-state index in [-0.39, 0.29) is 17.9 Å². The molecule has 0 aromatic heterocycles. The molecule has 3 heteroatoms. The molecule has 0 spiro atoms. The highest BCUT2D eigenvalue weighted by Gasteiger charge is 2.29.